The number of nitrogens with zero attached hydrogens (tertiary/aromatic N) is 1. The van der Waals surface area contributed by atoms with Gasteiger partial charge in [0, 0.05) is 32.2 Å². The van der Waals surface area contributed by atoms with E-state index in [0.717, 1.165) is 26.2 Å². The Bertz CT molecular complexity index is 275. The first-order valence-electron chi connectivity index (χ1n) is 6.07. The van der Waals surface area contributed by atoms with Gasteiger partial charge >= 0.3 is 6.03 Å². The Hall–Kier alpha value is -1.14. The van der Waals surface area contributed by atoms with Crippen molar-refractivity contribution in [3.05, 3.63) is 0 Å². The molecule has 0 aliphatic carbocycles. The van der Waals surface area contributed by atoms with Crippen molar-refractivity contribution in [1.29, 1.82) is 0 Å². The molecule has 1 aliphatic heterocycles. The van der Waals surface area contributed by atoms with Gasteiger partial charge in [-0.25, -0.2) is 4.79 Å². The normalized spacial score (nSPS) is 18.8. The molecular weight excluding hydrogens is 220 g/mol. The van der Waals surface area contributed by atoms with E-state index in [9.17, 15) is 9.59 Å². The second-order valence-corrected chi connectivity index (χ2v) is 4.58. The molecule has 6 heteroatoms. The van der Waals surface area contributed by atoms with Gasteiger partial charge in [0.05, 0.1) is 6.04 Å². The fourth-order valence-corrected chi connectivity index (χ4v) is 1.75. The number of amides is 3. The average molecular weight is 242 g/mol. The van der Waals surface area contributed by atoms with Crippen molar-refractivity contribution in [3.63, 3.8) is 0 Å². The molecule has 0 aromatic rings. The van der Waals surface area contributed by atoms with Gasteiger partial charge in [-0.1, -0.05) is 0 Å². The lowest BCUT2D eigenvalue weighted by Crippen LogP contribution is -2.55. The Morgan fingerprint density at radius 2 is 1.76 bits per heavy atom. The maximum Gasteiger partial charge on any atom is 0.321 e. The van der Waals surface area contributed by atoms with Crippen LogP contribution in [0.15, 0.2) is 0 Å². The third kappa shape index (κ3) is 4.70. The molecule has 0 saturated carbocycles. The molecule has 0 radical (unpaired) electrons. The summed E-state index contributed by atoms with van der Waals surface area (Å²) in [7, 11) is 0. The summed E-state index contributed by atoms with van der Waals surface area (Å²) in [6, 6.07) is -0.667. The van der Waals surface area contributed by atoms with Gasteiger partial charge in [0.1, 0.15) is 0 Å². The molecule has 1 saturated heterocycles. The Morgan fingerprint density at radius 1 is 1.18 bits per heavy atom. The standard InChI is InChI=1S/C11H22N4O2/c1-8(2)13-11(17)14-10(16)9(3)15-6-4-12-5-7-15/h8-9,12H,4-7H2,1-3H3,(H2,13,14,16,17). The van der Waals surface area contributed by atoms with Crippen LogP contribution in [0.2, 0.25) is 0 Å². The maximum absolute atomic E-state index is 11.8. The molecule has 3 amide bonds. The second-order valence-electron chi connectivity index (χ2n) is 4.58. The van der Waals surface area contributed by atoms with Gasteiger partial charge < -0.3 is 10.6 Å². The molecule has 0 bridgehead atoms. The van der Waals surface area contributed by atoms with Crippen LogP contribution in [0.3, 0.4) is 0 Å². The van der Waals surface area contributed by atoms with Crippen LogP contribution >= 0.6 is 0 Å². The Morgan fingerprint density at radius 3 is 2.29 bits per heavy atom. The molecule has 98 valence electrons. The molecule has 1 fully saturated rings. The minimum atomic E-state index is -0.424. The van der Waals surface area contributed by atoms with Crippen molar-refractivity contribution in [2.24, 2.45) is 0 Å². The molecule has 0 aromatic heterocycles. The quantitative estimate of drug-likeness (QED) is 0.624. The van der Waals surface area contributed by atoms with Gasteiger partial charge in [0.25, 0.3) is 0 Å². The van der Waals surface area contributed by atoms with Crippen molar-refractivity contribution < 1.29 is 9.59 Å². The van der Waals surface area contributed by atoms with Gasteiger partial charge in [-0.2, -0.15) is 0 Å². The number of hydrogen-bond acceptors (Lipinski definition) is 4. The highest BCUT2D eigenvalue weighted by atomic mass is 16.2. The fraction of sp³-hybridized carbons (Fsp3) is 0.818. The monoisotopic (exact) mass is 242 g/mol. The topological polar surface area (TPSA) is 73.5 Å². The molecule has 3 N–H and O–H groups in total. The number of carbonyl (C=O) groups is 2. The summed E-state index contributed by atoms with van der Waals surface area (Å²) in [4.78, 5) is 25.2. The summed E-state index contributed by atoms with van der Waals surface area (Å²) < 4.78 is 0. The zero-order valence-corrected chi connectivity index (χ0v) is 10.7. The molecule has 1 heterocycles. The van der Waals surface area contributed by atoms with Crippen LogP contribution in [0.25, 0.3) is 0 Å². The lowest BCUT2D eigenvalue weighted by Gasteiger charge is -2.31. The number of nitrogens with one attached hydrogen (secondary N) is 3. The predicted molar refractivity (Wildman–Crippen MR) is 65.7 cm³/mol. The highest BCUT2D eigenvalue weighted by Crippen LogP contribution is 2.00. The van der Waals surface area contributed by atoms with Crippen LogP contribution in [0.4, 0.5) is 4.79 Å². The van der Waals surface area contributed by atoms with Gasteiger partial charge in [-0.3, -0.25) is 15.0 Å². The predicted octanol–water partition coefficient (Wildman–Crippen LogP) is -0.486. The number of hydrogen-bond donors (Lipinski definition) is 3. The third-order valence-corrected chi connectivity index (χ3v) is 2.74. The second kappa shape index (κ2) is 6.56. The lowest BCUT2D eigenvalue weighted by molar-refractivity contribution is -0.125. The number of rotatable bonds is 3. The third-order valence-electron chi connectivity index (χ3n) is 2.74. The van der Waals surface area contributed by atoms with E-state index in [1.165, 1.54) is 0 Å². The molecule has 1 atom stereocenters. The summed E-state index contributed by atoms with van der Waals surface area (Å²) in [5, 5.41) is 8.21. The van der Waals surface area contributed by atoms with Gasteiger partial charge in [-0.15, -0.1) is 0 Å². The summed E-state index contributed by atoms with van der Waals surface area (Å²) in [5.74, 6) is -0.245. The summed E-state index contributed by atoms with van der Waals surface area (Å²) in [6.45, 7) is 8.96. The van der Waals surface area contributed by atoms with Crippen molar-refractivity contribution >= 4 is 11.9 Å². The van der Waals surface area contributed by atoms with Gasteiger partial charge in [0.15, 0.2) is 0 Å². The van der Waals surface area contributed by atoms with Gasteiger partial charge in [0.2, 0.25) is 5.91 Å². The fourth-order valence-electron chi connectivity index (χ4n) is 1.75. The Labute approximate surface area is 102 Å². The molecule has 0 aromatic carbocycles. The SMILES string of the molecule is CC(C)NC(=O)NC(=O)C(C)N1CCNCC1. The molecular formula is C11H22N4O2. The molecule has 1 unspecified atom stereocenters. The first kappa shape index (κ1) is 13.9. The van der Waals surface area contributed by atoms with Crippen LogP contribution in [0.5, 0.6) is 0 Å². The van der Waals surface area contributed by atoms with Crippen molar-refractivity contribution in [2.45, 2.75) is 32.9 Å². The lowest BCUT2D eigenvalue weighted by atomic mass is 10.2. The van der Waals surface area contributed by atoms with Crippen LogP contribution in [0, 0.1) is 0 Å². The van der Waals surface area contributed by atoms with E-state index in [1.54, 1.807) is 0 Å². The largest absolute Gasteiger partial charge is 0.336 e. The maximum atomic E-state index is 11.8. The number of piperazine rings is 1. The Balaban J connectivity index is 2.37. The first-order chi connectivity index (χ1) is 8.00. The zero-order valence-electron chi connectivity index (χ0n) is 10.7. The molecule has 17 heavy (non-hydrogen) atoms. The van der Waals surface area contributed by atoms with Crippen LogP contribution in [-0.2, 0) is 4.79 Å². The van der Waals surface area contributed by atoms with Crippen molar-refractivity contribution in [3.8, 4) is 0 Å². The summed E-state index contributed by atoms with van der Waals surface area (Å²) >= 11 is 0. The smallest absolute Gasteiger partial charge is 0.321 e. The Kier molecular flexibility index (Phi) is 5.37. The first-order valence-corrected chi connectivity index (χ1v) is 6.07. The van der Waals surface area contributed by atoms with Crippen molar-refractivity contribution in [2.75, 3.05) is 26.2 Å². The summed E-state index contributed by atoms with van der Waals surface area (Å²) in [6.07, 6.45) is 0. The number of urea groups is 1. The molecule has 0 spiro atoms. The number of imide groups is 1. The highest BCUT2D eigenvalue weighted by Gasteiger charge is 2.23. The van der Waals surface area contributed by atoms with Crippen LogP contribution in [0.1, 0.15) is 20.8 Å². The van der Waals surface area contributed by atoms with Gasteiger partial charge in [-0.05, 0) is 20.8 Å². The highest BCUT2D eigenvalue weighted by molar-refractivity contribution is 5.96. The van der Waals surface area contributed by atoms with Crippen molar-refractivity contribution in [1.82, 2.24) is 20.9 Å². The van der Waals surface area contributed by atoms with E-state index in [2.05, 4.69) is 20.9 Å². The summed E-state index contributed by atoms with van der Waals surface area (Å²) in [5.41, 5.74) is 0. The van der Waals surface area contributed by atoms with E-state index in [1.807, 2.05) is 20.8 Å². The van der Waals surface area contributed by atoms with E-state index < -0.39 is 6.03 Å². The molecule has 6 nitrogen and oxygen atoms in total. The molecule has 1 aliphatic rings. The number of carbonyl (C=O) groups excluding carboxylic acids is 2. The van der Waals surface area contributed by atoms with E-state index in [-0.39, 0.29) is 18.0 Å². The minimum absolute atomic E-state index is 0.0253. The minimum Gasteiger partial charge on any atom is -0.336 e. The zero-order chi connectivity index (χ0) is 12.8. The average Bonchev–Trinajstić information content (AvgIpc) is 2.28. The van der Waals surface area contributed by atoms with E-state index in [4.69, 9.17) is 0 Å². The van der Waals surface area contributed by atoms with Crippen LogP contribution in [-0.4, -0.2) is 55.1 Å². The van der Waals surface area contributed by atoms with Crippen LogP contribution < -0.4 is 16.0 Å². The van der Waals surface area contributed by atoms with E-state index in [0.29, 0.717) is 0 Å². The van der Waals surface area contributed by atoms with E-state index >= 15 is 0 Å². The molecule has 1 rings (SSSR count).